The van der Waals surface area contributed by atoms with Gasteiger partial charge in [-0.3, -0.25) is 4.79 Å². The first-order valence-electron chi connectivity index (χ1n) is 6.79. The highest BCUT2D eigenvalue weighted by molar-refractivity contribution is 5.76. The Balaban J connectivity index is 1.71. The van der Waals surface area contributed by atoms with Crippen molar-refractivity contribution in [1.29, 1.82) is 0 Å². The molecule has 0 spiro atoms. The molecule has 0 aliphatic heterocycles. The van der Waals surface area contributed by atoms with Gasteiger partial charge in [-0.15, -0.1) is 0 Å². The van der Waals surface area contributed by atoms with Crippen molar-refractivity contribution in [2.75, 3.05) is 6.54 Å². The van der Waals surface area contributed by atoms with Crippen LogP contribution in [0.2, 0.25) is 0 Å². The molecule has 106 valence electrons. The fourth-order valence-electron chi connectivity index (χ4n) is 1.81. The van der Waals surface area contributed by atoms with Crippen LogP contribution in [0.1, 0.15) is 17.5 Å². The minimum atomic E-state index is -0.264. The summed E-state index contributed by atoms with van der Waals surface area (Å²) < 4.78 is 12.7. The number of rotatable bonds is 4. The van der Waals surface area contributed by atoms with Crippen molar-refractivity contribution >= 4 is 5.91 Å². The molecule has 0 saturated carbocycles. The summed E-state index contributed by atoms with van der Waals surface area (Å²) >= 11 is 0. The number of carbonyl (C=O) groups excluding carboxylic acids is 1. The fourth-order valence-corrected chi connectivity index (χ4v) is 1.81. The maximum absolute atomic E-state index is 12.7. The van der Waals surface area contributed by atoms with Crippen molar-refractivity contribution in [3.63, 3.8) is 0 Å². The molecule has 1 N–H and O–H groups in total. The number of benzene rings is 2. The Morgan fingerprint density at radius 2 is 1.76 bits per heavy atom. The van der Waals surface area contributed by atoms with E-state index in [1.807, 2.05) is 30.3 Å². The lowest BCUT2D eigenvalue weighted by molar-refractivity contribution is -0.120. The van der Waals surface area contributed by atoms with E-state index in [0.29, 0.717) is 19.4 Å². The first-order valence-corrected chi connectivity index (χ1v) is 6.79. The second-order valence-electron chi connectivity index (χ2n) is 4.57. The highest BCUT2D eigenvalue weighted by Crippen LogP contribution is 2.05. The number of hydrogen-bond acceptors (Lipinski definition) is 1. The normalized spacial score (nSPS) is 9.57. The third-order valence-corrected chi connectivity index (χ3v) is 2.93. The van der Waals surface area contributed by atoms with Crippen LogP contribution in [-0.4, -0.2) is 12.5 Å². The smallest absolute Gasteiger partial charge is 0.221 e. The van der Waals surface area contributed by atoms with Gasteiger partial charge in [-0.25, -0.2) is 4.39 Å². The molecule has 0 radical (unpaired) electrons. The van der Waals surface area contributed by atoms with Gasteiger partial charge in [0.15, 0.2) is 0 Å². The summed E-state index contributed by atoms with van der Waals surface area (Å²) in [6.45, 7) is 0.331. The second-order valence-corrected chi connectivity index (χ2v) is 4.57. The molecule has 0 fully saturated rings. The van der Waals surface area contributed by atoms with E-state index in [0.717, 1.165) is 11.1 Å². The van der Waals surface area contributed by atoms with Crippen molar-refractivity contribution in [3.8, 4) is 11.8 Å². The van der Waals surface area contributed by atoms with Gasteiger partial charge in [-0.2, -0.15) is 0 Å². The first kappa shape index (κ1) is 14.8. The number of hydrogen-bond donors (Lipinski definition) is 1. The zero-order valence-electron chi connectivity index (χ0n) is 11.6. The van der Waals surface area contributed by atoms with Crippen LogP contribution < -0.4 is 5.32 Å². The van der Waals surface area contributed by atoms with E-state index in [9.17, 15) is 9.18 Å². The minimum absolute atomic E-state index is 0.0540. The van der Waals surface area contributed by atoms with Gasteiger partial charge in [-0.05, 0) is 36.2 Å². The van der Waals surface area contributed by atoms with Gasteiger partial charge in [0.1, 0.15) is 5.82 Å². The number of nitrogens with one attached hydrogen (secondary N) is 1. The van der Waals surface area contributed by atoms with E-state index in [2.05, 4.69) is 17.2 Å². The predicted molar refractivity (Wildman–Crippen MR) is 81.1 cm³/mol. The molecule has 2 aromatic rings. The number of halogens is 1. The van der Waals surface area contributed by atoms with Crippen LogP contribution in [0.3, 0.4) is 0 Å². The monoisotopic (exact) mass is 281 g/mol. The molecule has 3 heteroatoms. The Bertz CT molecular complexity index is 638. The zero-order valence-corrected chi connectivity index (χ0v) is 11.6. The summed E-state index contributed by atoms with van der Waals surface area (Å²) in [5.74, 6) is 5.56. The average molecular weight is 281 g/mol. The second kappa shape index (κ2) is 7.86. The topological polar surface area (TPSA) is 29.1 Å². The third-order valence-electron chi connectivity index (χ3n) is 2.93. The van der Waals surface area contributed by atoms with Gasteiger partial charge in [0.05, 0.1) is 6.54 Å². The van der Waals surface area contributed by atoms with Crippen LogP contribution in [0.25, 0.3) is 0 Å². The third kappa shape index (κ3) is 5.50. The molecule has 2 aromatic carbocycles. The summed E-state index contributed by atoms with van der Waals surface area (Å²) in [7, 11) is 0. The molecular formula is C18H16FNO. The lowest BCUT2D eigenvalue weighted by Crippen LogP contribution is -2.23. The maximum atomic E-state index is 12.7. The molecule has 0 unspecified atom stereocenters. The molecule has 0 bridgehead atoms. The lowest BCUT2D eigenvalue weighted by atomic mass is 10.1. The number of carbonyl (C=O) groups is 1. The van der Waals surface area contributed by atoms with E-state index in [1.54, 1.807) is 12.1 Å². The van der Waals surface area contributed by atoms with Crippen LogP contribution in [0, 0.1) is 17.7 Å². The Labute approximate surface area is 124 Å². The van der Waals surface area contributed by atoms with Crippen LogP contribution in [-0.2, 0) is 11.2 Å². The standard InChI is InChI=1S/C18H16FNO/c19-17-11-8-16(9-12-17)10-13-18(21)20-14-4-7-15-5-2-1-3-6-15/h1-3,5-6,8-9,11-12H,10,13-14H2,(H,20,21). The van der Waals surface area contributed by atoms with Crippen LogP contribution >= 0.6 is 0 Å². The number of aryl methyl sites for hydroxylation is 1. The lowest BCUT2D eigenvalue weighted by Gasteiger charge is -2.02. The van der Waals surface area contributed by atoms with Gasteiger partial charge in [0, 0.05) is 12.0 Å². The summed E-state index contributed by atoms with van der Waals surface area (Å²) in [6, 6.07) is 15.8. The molecule has 0 saturated heterocycles. The highest BCUT2D eigenvalue weighted by atomic mass is 19.1. The van der Waals surface area contributed by atoms with Crippen molar-refractivity contribution in [2.24, 2.45) is 0 Å². The van der Waals surface area contributed by atoms with E-state index in [-0.39, 0.29) is 11.7 Å². The molecule has 21 heavy (non-hydrogen) atoms. The summed E-state index contributed by atoms with van der Waals surface area (Å²) in [5, 5.41) is 2.75. The van der Waals surface area contributed by atoms with Gasteiger partial charge in [-0.1, -0.05) is 42.2 Å². The molecule has 0 aromatic heterocycles. The molecular weight excluding hydrogens is 265 g/mol. The highest BCUT2D eigenvalue weighted by Gasteiger charge is 2.01. The molecule has 0 aliphatic rings. The average Bonchev–Trinajstić information content (AvgIpc) is 2.52. The Morgan fingerprint density at radius 3 is 2.48 bits per heavy atom. The molecule has 2 nitrogen and oxygen atoms in total. The largest absolute Gasteiger partial charge is 0.345 e. The quantitative estimate of drug-likeness (QED) is 0.858. The van der Waals surface area contributed by atoms with E-state index in [1.165, 1.54) is 12.1 Å². The Kier molecular flexibility index (Phi) is 5.54. The molecule has 0 aliphatic carbocycles. The first-order chi connectivity index (χ1) is 10.2. The van der Waals surface area contributed by atoms with Crippen LogP contribution in [0.4, 0.5) is 4.39 Å². The Morgan fingerprint density at radius 1 is 1.05 bits per heavy atom. The van der Waals surface area contributed by atoms with Gasteiger partial charge < -0.3 is 5.32 Å². The van der Waals surface area contributed by atoms with E-state index in [4.69, 9.17) is 0 Å². The van der Waals surface area contributed by atoms with Crippen LogP contribution in [0.5, 0.6) is 0 Å². The van der Waals surface area contributed by atoms with Crippen molar-refractivity contribution in [3.05, 3.63) is 71.5 Å². The van der Waals surface area contributed by atoms with Gasteiger partial charge >= 0.3 is 0 Å². The van der Waals surface area contributed by atoms with Crippen molar-refractivity contribution in [1.82, 2.24) is 5.32 Å². The van der Waals surface area contributed by atoms with E-state index < -0.39 is 0 Å². The molecule has 1 amide bonds. The summed E-state index contributed by atoms with van der Waals surface area (Å²) in [6.07, 6.45) is 0.969. The number of amides is 1. The fraction of sp³-hybridized carbons (Fsp3) is 0.167. The molecule has 2 rings (SSSR count). The minimum Gasteiger partial charge on any atom is -0.345 e. The summed E-state index contributed by atoms with van der Waals surface area (Å²) in [5.41, 5.74) is 1.87. The van der Waals surface area contributed by atoms with Gasteiger partial charge in [0.2, 0.25) is 5.91 Å². The van der Waals surface area contributed by atoms with E-state index >= 15 is 0 Å². The maximum Gasteiger partial charge on any atom is 0.221 e. The van der Waals surface area contributed by atoms with Crippen molar-refractivity contribution in [2.45, 2.75) is 12.8 Å². The molecule has 0 heterocycles. The van der Waals surface area contributed by atoms with Crippen LogP contribution in [0.15, 0.2) is 54.6 Å². The SMILES string of the molecule is O=C(CCc1ccc(F)cc1)NCC#Cc1ccccc1. The van der Waals surface area contributed by atoms with Crippen molar-refractivity contribution < 1.29 is 9.18 Å². The Hall–Kier alpha value is -2.60. The molecule has 0 atom stereocenters. The predicted octanol–water partition coefficient (Wildman–Crippen LogP) is 2.93. The zero-order chi connectivity index (χ0) is 14.9. The summed E-state index contributed by atoms with van der Waals surface area (Å²) in [4.78, 5) is 11.6. The van der Waals surface area contributed by atoms with Gasteiger partial charge in [0.25, 0.3) is 0 Å².